The molecule has 0 saturated carbocycles. The van der Waals surface area contributed by atoms with Gasteiger partial charge in [0.25, 0.3) is 5.56 Å². The predicted octanol–water partition coefficient (Wildman–Crippen LogP) is 0.0514. The Labute approximate surface area is 55.9 Å². The molecule has 0 amide bonds. The number of hydrogen-bond acceptors (Lipinski definition) is 2. The number of rotatable bonds is 0. The maximum absolute atomic E-state index is 10.9. The van der Waals surface area contributed by atoms with E-state index < -0.39 is 0 Å². The molecule has 10 heavy (non-hydrogen) atoms. The molecule has 1 radical (unpaired) electrons. The third kappa shape index (κ3) is 0.556. The van der Waals surface area contributed by atoms with Crippen LogP contribution in [0.3, 0.4) is 0 Å². The molecule has 0 saturated heterocycles. The molecule has 2 heterocycles. The van der Waals surface area contributed by atoms with Crippen molar-refractivity contribution in [3.05, 3.63) is 28.9 Å². The molecule has 0 fully saturated rings. The average Bonchev–Trinajstić information content (AvgIpc) is 2.36. The van der Waals surface area contributed by atoms with Crippen molar-refractivity contribution >= 4 is 11.0 Å². The summed E-state index contributed by atoms with van der Waals surface area (Å²) in [5.74, 6) is 0. The van der Waals surface area contributed by atoms with Crippen LogP contribution in [0.2, 0.25) is 0 Å². The van der Waals surface area contributed by atoms with Gasteiger partial charge in [-0.15, -0.1) is 0 Å². The summed E-state index contributed by atoms with van der Waals surface area (Å²) in [5.41, 5.74) is 0.412. The Morgan fingerprint density at radius 3 is 3.30 bits per heavy atom. The highest BCUT2D eigenvalue weighted by Crippen LogP contribution is 1.98. The van der Waals surface area contributed by atoms with Crippen molar-refractivity contribution in [3.63, 3.8) is 0 Å². The summed E-state index contributed by atoms with van der Waals surface area (Å²) in [4.78, 5) is 19.8. The Balaban J connectivity index is 3.09. The number of hydrogen-bond donors (Lipinski definition) is 2. The van der Waals surface area contributed by atoms with Crippen LogP contribution in [-0.2, 0) is 0 Å². The smallest absolute Gasteiger partial charge is 0.260 e. The minimum Gasteiger partial charge on any atom is -0.346 e. The van der Waals surface area contributed by atoms with Gasteiger partial charge < -0.3 is 9.97 Å². The minimum atomic E-state index is -0.161. The van der Waals surface area contributed by atoms with E-state index in [1.165, 1.54) is 0 Å². The van der Waals surface area contributed by atoms with E-state index in [4.69, 9.17) is 0 Å². The van der Waals surface area contributed by atoms with Crippen LogP contribution in [0.15, 0.2) is 17.1 Å². The third-order valence-corrected chi connectivity index (χ3v) is 1.31. The summed E-state index contributed by atoms with van der Waals surface area (Å²) in [6, 6.07) is 1.68. The second-order valence-corrected chi connectivity index (χ2v) is 1.92. The van der Waals surface area contributed by atoms with Gasteiger partial charge in [0.15, 0.2) is 6.33 Å². The molecule has 49 valence electrons. The molecule has 2 rings (SSSR count). The molecule has 0 unspecified atom stereocenters. The van der Waals surface area contributed by atoms with Gasteiger partial charge in [0, 0.05) is 6.20 Å². The first kappa shape index (κ1) is 5.22. The molecule has 0 bridgehead atoms. The first-order valence-electron chi connectivity index (χ1n) is 2.81. The van der Waals surface area contributed by atoms with Gasteiger partial charge in [0.1, 0.15) is 5.65 Å². The van der Waals surface area contributed by atoms with E-state index in [9.17, 15) is 4.79 Å². The lowest BCUT2D eigenvalue weighted by Gasteiger charge is -1.82. The van der Waals surface area contributed by atoms with E-state index in [2.05, 4.69) is 21.3 Å². The topological polar surface area (TPSA) is 61.5 Å². The van der Waals surface area contributed by atoms with Gasteiger partial charge in [-0.1, -0.05) is 0 Å². The second-order valence-electron chi connectivity index (χ2n) is 1.92. The van der Waals surface area contributed by atoms with Crippen LogP contribution in [0, 0.1) is 6.33 Å². The van der Waals surface area contributed by atoms with E-state index in [0.717, 1.165) is 0 Å². The first-order chi connectivity index (χ1) is 4.88. The quantitative estimate of drug-likeness (QED) is 0.534. The van der Waals surface area contributed by atoms with Crippen LogP contribution < -0.4 is 5.56 Å². The predicted molar refractivity (Wildman–Crippen MR) is 35.6 cm³/mol. The van der Waals surface area contributed by atoms with Crippen molar-refractivity contribution in [3.8, 4) is 0 Å². The summed E-state index contributed by atoms with van der Waals surface area (Å²) in [5, 5.41) is 0.568. The second kappa shape index (κ2) is 1.70. The average molecular weight is 134 g/mol. The maximum Gasteiger partial charge on any atom is 0.260 e. The normalized spacial score (nSPS) is 10.4. The molecule has 0 atom stereocenters. The molecule has 0 spiro atoms. The minimum absolute atomic E-state index is 0.161. The summed E-state index contributed by atoms with van der Waals surface area (Å²) in [6.45, 7) is 0. The fourth-order valence-corrected chi connectivity index (χ4v) is 0.838. The van der Waals surface area contributed by atoms with Gasteiger partial charge in [-0.25, -0.2) is 4.98 Å². The highest BCUT2D eigenvalue weighted by molar-refractivity contribution is 5.73. The lowest BCUT2D eigenvalue weighted by Crippen LogP contribution is -2.04. The zero-order valence-corrected chi connectivity index (χ0v) is 5.01. The maximum atomic E-state index is 10.9. The van der Waals surface area contributed by atoms with E-state index in [-0.39, 0.29) is 5.56 Å². The summed E-state index contributed by atoms with van der Waals surface area (Å²) >= 11 is 0. The Kier molecular flexibility index (Phi) is 0.887. The van der Waals surface area contributed by atoms with Gasteiger partial charge in [-0.2, -0.15) is 0 Å². The van der Waals surface area contributed by atoms with Crippen molar-refractivity contribution in [1.82, 2.24) is 15.0 Å². The van der Waals surface area contributed by atoms with Gasteiger partial charge in [0.2, 0.25) is 0 Å². The van der Waals surface area contributed by atoms with Gasteiger partial charge in [-0.3, -0.25) is 4.79 Å². The van der Waals surface area contributed by atoms with Crippen molar-refractivity contribution in [2.75, 3.05) is 0 Å². The Bertz CT molecular complexity index is 400. The first-order valence-corrected chi connectivity index (χ1v) is 2.81. The molecular weight excluding hydrogens is 130 g/mol. The largest absolute Gasteiger partial charge is 0.346 e. The summed E-state index contributed by atoms with van der Waals surface area (Å²) < 4.78 is 0. The highest BCUT2D eigenvalue weighted by Gasteiger charge is 1.96. The Morgan fingerprint density at radius 1 is 1.60 bits per heavy atom. The van der Waals surface area contributed by atoms with Crippen LogP contribution in [0.5, 0.6) is 0 Å². The van der Waals surface area contributed by atoms with E-state index in [0.29, 0.717) is 11.0 Å². The van der Waals surface area contributed by atoms with Crippen LogP contribution in [0.1, 0.15) is 0 Å². The Hall–Kier alpha value is -1.58. The molecule has 0 aliphatic carbocycles. The standard InChI is InChI=1S/C6H4N3O/c10-6-4-1-2-7-5(4)8-3-9-6/h1-2H,(H2,7,8,9,10). The lowest BCUT2D eigenvalue weighted by atomic mass is 10.4. The number of H-pyrrole nitrogens is 2. The number of aromatic nitrogens is 3. The van der Waals surface area contributed by atoms with Crippen LogP contribution >= 0.6 is 0 Å². The molecule has 0 aliphatic heterocycles. The van der Waals surface area contributed by atoms with Gasteiger partial charge in [0.05, 0.1) is 5.39 Å². The van der Waals surface area contributed by atoms with Crippen LogP contribution in [0.25, 0.3) is 11.0 Å². The van der Waals surface area contributed by atoms with Gasteiger partial charge >= 0.3 is 0 Å². The van der Waals surface area contributed by atoms with E-state index in [1.807, 2.05) is 0 Å². The zero-order valence-electron chi connectivity index (χ0n) is 5.01. The summed E-state index contributed by atoms with van der Waals surface area (Å²) in [7, 11) is 0. The van der Waals surface area contributed by atoms with Gasteiger partial charge in [-0.05, 0) is 6.07 Å². The SMILES string of the molecule is O=c1[nH][c]nc2[nH]ccc12. The summed E-state index contributed by atoms with van der Waals surface area (Å²) in [6.07, 6.45) is 4.04. The van der Waals surface area contributed by atoms with Crippen LogP contribution in [0.4, 0.5) is 0 Å². The molecule has 0 aliphatic rings. The van der Waals surface area contributed by atoms with Crippen molar-refractivity contribution < 1.29 is 0 Å². The van der Waals surface area contributed by atoms with Crippen molar-refractivity contribution in [1.29, 1.82) is 0 Å². The van der Waals surface area contributed by atoms with Crippen LogP contribution in [-0.4, -0.2) is 15.0 Å². The van der Waals surface area contributed by atoms with E-state index >= 15 is 0 Å². The molecule has 0 aromatic carbocycles. The molecule has 2 aromatic rings. The van der Waals surface area contributed by atoms with E-state index in [1.54, 1.807) is 12.3 Å². The highest BCUT2D eigenvalue weighted by atomic mass is 16.1. The number of aromatic amines is 2. The Morgan fingerprint density at radius 2 is 2.50 bits per heavy atom. The number of fused-ring (bicyclic) bond motifs is 1. The number of nitrogens with zero attached hydrogens (tertiary/aromatic N) is 1. The molecule has 4 heteroatoms. The lowest BCUT2D eigenvalue weighted by molar-refractivity contribution is 1.14. The van der Waals surface area contributed by atoms with Crippen molar-refractivity contribution in [2.45, 2.75) is 0 Å². The van der Waals surface area contributed by atoms with Crippen molar-refractivity contribution in [2.24, 2.45) is 0 Å². The monoisotopic (exact) mass is 134 g/mol. The molecule has 2 N–H and O–H groups in total. The fourth-order valence-electron chi connectivity index (χ4n) is 0.838. The fraction of sp³-hybridized carbons (Fsp3) is 0. The third-order valence-electron chi connectivity index (χ3n) is 1.31. The zero-order chi connectivity index (χ0) is 6.97. The molecule has 2 aromatic heterocycles. The molecular formula is C6H4N3O. The number of nitrogens with one attached hydrogen (secondary N) is 2. The molecule has 4 nitrogen and oxygen atoms in total.